The summed E-state index contributed by atoms with van der Waals surface area (Å²) in [5.41, 5.74) is 0.0645. The van der Waals surface area contributed by atoms with E-state index in [-0.39, 0.29) is 4.47 Å². The second-order valence-corrected chi connectivity index (χ2v) is 4.07. The molecule has 1 heterocycles. The Hall–Kier alpha value is -2.29. The van der Waals surface area contributed by atoms with E-state index in [1.165, 1.54) is 35.7 Å². The summed E-state index contributed by atoms with van der Waals surface area (Å²) < 4.78 is 1.56. The lowest BCUT2D eigenvalue weighted by Crippen LogP contribution is -1.93. The molecule has 2 aromatic rings. The molecule has 1 N–H and O–H groups in total. The molecule has 0 saturated heterocycles. The third-order valence-corrected chi connectivity index (χ3v) is 2.61. The normalized spacial score (nSPS) is 10.9. The molecule has 0 saturated carbocycles. The maximum absolute atomic E-state index is 10.7. The average Bonchev–Trinajstić information content (AvgIpc) is 2.83. The molecule has 1 aromatic carbocycles. The van der Waals surface area contributed by atoms with Crippen LogP contribution in [0.4, 0.5) is 5.69 Å². The number of hydrogen-bond acceptors (Lipinski definition) is 6. The summed E-state index contributed by atoms with van der Waals surface area (Å²) in [4.78, 5) is 10.0. The van der Waals surface area contributed by atoms with Crippen molar-refractivity contribution in [2.24, 2.45) is 5.10 Å². The van der Waals surface area contributed by atoms with E-state index in [2.05, 4.69) is 31.2 Å². The summed E-state index contributed by atoms with van der Waals surface area (Å²) in [5, 5.41) is 31.3. The first-order chi connectivity index (χ1) is 8.58. The summed E-state index contributed by atoms with van der Waals surface area (Å²) in [6.45, 7) is 0. The first kappa shape index (κ1) is 12.2. The van der Waals surface area contributed by atoms with Gasteiger partial charge in [-0.25, -0.2) is 4.68 Å². The number of hydrogen-bond donors (Lipinski definition) is 1. The van der Waals surface area contributed by atoms with Gasteiger partial charge in [0.2, 0.25) is 5.75 Å². The van der Waals surface area contributed by atoms with Crippen LogP contribution in [-0.4, -0.2) is 31.1 Å². The SMILES string of the molecule is O=[N+]([O-])c1cc(/C=N/n2cnnc2)cc(Br)c1O. The Bertz CT molecular complexity index is 611. The zero-order chi connectivity index (χ0) is 13.1. The van der Waals surface area contributed by atoms with Crippen molar-refractivity contribution in [2.45, 2.75) is 0 Å². The Kier molecular flexibility index (Phi) is 3.33. The van der Waals surface area contributed by atoms with Gasteiger partial charge < -0.3 is 5.11 Å². The van der Waals surface area contributed by atoms with E-state index in [0.717, 1.165) is 0 Å². The van der Waals surface area contributed by atoms with Gasteiger partial charge in [0.15, 0.2) is 0 Å². The molecule has 1 aromatic heterocycles. The van der Waals surface area contributed by atoms with Crippen molar-refractivity contribution in [2.75, 3.05) is 0 Å². The molecule has 0 unspecified atom stereocenters. The Morgan fingerprint density at radius 2 is 2.11 bits per heavy atom. The van der Waals surface area contributed by atoms with E-state index >= 15 is 0 Å². The van der Waals surface area contributed by atoms with Crippen molar-refractivity contribution in [3.05, 3.63) is 44.9 Å². The van der Waals surface area contributed by atoms with Crippen molar-refractivity contribution >= 4 is 27.8 Å². The molecule has 0 aliphatic rings. The summed E-state index contributed by atoms with van der Waals surface area (Å²) in [6.07, 6.45) is 4.14. The lowest BCUT2D eigenvalue weighted by molar-refractivity contribution is -0.386. The number of halogens is 1. The maximum Gasteiger partial charge on any atom is 0.312 e. The molecule has 0 radical (unpaired) electrons. The Balaban J connectivity index is 2.37. The molecule has 92 valence electrons. The summed E-state index contributed by atoms with van der Waals surface area (Å²) in [6, 6.07) is 2.73. The Morgan fingerprint density at radius 3 is 2.72 bits per heavy atom. The van der Waals surface area contributed by atoms with E-state index in [4.69, 9.17) is 0 Å². The van der Waals surface area contributed by atoms with E-state index in [0.29, 0.717) is 5.56 Å². The quantitative estimate of drug-likeness (QED) is 0.525. The number of phenolic OH excluding ortho intramolecular Hbond substituents is 1. The van der Waals surface area contributed by atoms with Crippen molar-refractivity contribution in [1.82, 2.24) is 14.9 Å². The number of phenols is 1. The maximum atomic E-state index is 10.7. The minimum atomic E-state index is -0.670. The van der Waals surface area contributed by atoms with Crippen LogP contribution in [0.25, 0.3) is 0 Å². The summed E-state index contributed by atoms with van der Waals surface area (Å²) in [5.74, 6) is -0.415. The predicted octanol–water partition coefficient (Wildman–Crippen LogP) is 1.54. The van der Waals surface area contributed by atoms with Crippen molar-refractivity contribution in [3.8, 4) is 5.75 Å². The minimum absolute atomic E-state index is 0.224. The van der Waals surface area contributed by atoms with Crippen LogP contribution in [0.1, 0.15) is 5.56 Å². The number of benzene rings is 1. The molecule has 0 aliphatic heterocycles. The van der Waals surface area contributed by atoms with Crippen LogP contribution in [0.2, 0.25) is 0 Å². The third kappa shape index (κ3) is 2.51. The first-order valence-corrected chi connectivity index (χ1v) is 5.43. The fourth-order valence-electron chi connectivity index (χ4n) is 1.21. The Morgan fingerprint density at radius 1 is 1.44 bits per heavy atom. The highest BCUT2D eigenvalue weighted by Crippen LogP contribution is 2.34. The average molecular weight is 312 g/mol. The molecule has 0 spiro atoms. The van der Waals surface area contributed by atoms with E-state index in [1.807, 2.05) is 0 Å². The molecule has 9 heteroatoms. The number of aromatic hydroxyl groups is 1. The summed E-state index contributed by atoms with van der Waals surface area (Å²) in [7, 11) is 0. The third-order valence-electron chi connectivity index (χ3n) is 2.01. The smallest absolute Gasteiger partial charge is 0.312 e. The molecule has 18 heavy (non-hydrogen) atoms. The molecular formula is C9H6BrN5O3. The second-order valence-electron chi connectivity index (χ2n) is 3.21. The van der Waals surface area contributed by atoms with Crippen LogP contribution in [-0.2, 0) is 0 Å². The van der Waals surface area contributed by atoms with Gasteiger partial charge in [0.25, 0.3) is 0 Å². The summed E-state index contributed by atoms with van der Waals surface area (Å²) >= 11 is 3.04. The van der Waals surface area contributed by atoms with Crippen LogP contribution in [0.3, 0.4) is 0 Å². The number of nitro benzene ring substituents is 1. The zero-order valence-electron chi connectivity index (χ0n) is 8.76. The van der Waals surface area contributed by atoms with Gasteiger partial charge >= 0.3 is 5.69 Å². The van der Waals surface area contributed by atoms with Gasteiger partial charge in [0.05, 0.1) is 15.6 Å². The Labute approximate surface area is 109 Å². The van der Waals surface area contributed by atoms with Gasteiger partial charge in [-0.3, -0.25) is 10.1 Å². The second kappa shape index (κ2) is 4.92. The molecule has 8 nitrogen and oxygen atoms in total. The molecule has 0 bridgehead atoms. The topological polar surface area (TPSA) is 106 Å². The molecular weight excluding hydrogens is 306 g/mol. The van der Waals surface area contributed by atoms with Crippen LogP contribution in [0.5, 0.6) is 5.75 Å². The predicted molar refractivity (Wildman–Crippen MR) is 65.5 cm³/mol. The zero-order valence-corrected chi connectivity index (χ0v) is 10.4. The number of nitro groups is 1. The lowest BCUT2D eigenvalue weighted by atomic mass is 10.2. The van der Waals surface area contributed by atoms with E-state index < -0.39 is 16.4 Å². The van der Waals surface area contributed by atoms with Gasteiger partial charge in [-0.15, -0.1) is 10.2 Å². The van der Waals surface area contributed by atoms with E-state index in [1.54, 1.807) is 0 Å². The van der Waals surface area contributed by atoms with Gasteiger partial charge in [0, 0.05) is 11.6 Å². The van der Waals surface area contributed by atoms with Crippen LogP contribution >= 0.6 is 15.9 Å². The largest absolute Gasteiger partial charge is 0.501 e. The van der Waals surface area contributed by atoms with E-state index in [9.17, 15) is 15.2 Å². The fourth-order valence-corrected chi connectivity index (χ4v) is 1.67. The highest BCUT2D eigenvalue weighted by Gasteiger charge is 2.17. The molecule has 0 aliphatic carbocycles. The monoisotopic (exact) mass is 311 g/mol. The number of nitrogens with zero attached hydrogens (tertiary/aromatic N) is 5. The van der Waals surface area contributed by atoms with Gasteiger partial charge in [-0.1, -0.05) is 0 Å². The molecule has 0 amide bonds. The first-order valence-electron chi connectivity index (χ1n) is 4.64. The van der Waals surface area contributed by atoms with Crippen molar-refractivity contribution in [3.63, 3.8) is 0 Å². The van der Waals surface area contributed by atoms with Crippen LogP contribution in [0.15, 0.2) is 34.4 Å². The highest BCUT2D eigenvalue weighted by atomic mass is 79.9. The van der Waals surface area contributed by atoms with Gasteiger partial charge in [-0.05, 0) is 22.0 Å². The molecule has 0 fully saturated rings. The molecule has 0 atom stereocenters. The van der Waals surface area contributed by atoms with Crippen molar-refractivity contribution < 1.29 is 10.0 Å². The van der Waals surface area contributed by atoms with Gasteiger partial charge in [0.1, 0.15) is 12.7 Å². The lowest BCUT2D eigenvalue weighted by Gasteiger charge is -2.00. The standard InChI is InChI=1S/C9H6BrN5O3/c10-7-1-6(2-8(9(7)16)15(17)18)3-13-14-4-11-12-5-14/h1-5,16H/b13-3+. The van der Waals surface area contributed by atoms with Crippen molar-refractivity contribution in [1.29, 1.82) is 0 Å². The van der Waals surface area contributed by atoms with Crippen LogP contribution < -0.4 is 0 Å². The minimum Gasteiger partial charge on any atom is -0.501 e. The highest BCUT2D eigenvalue weighted by molar-refractivity contribution is 9.10. The number of rotatable bonds is 3. The van der Waals surface area contributed by atoms with Gasteiger partial charge in [-0.2, -0.15) is 5.10 Å². The van der Waals surface area contributed by atoms with Crippen LogP contribution in [0, 0.1) is 10.1 Å². The fraction of sp³-hybridized carbons (Fsp3) is 0. The molecule has 2 rings (SSSR count). The number of aromatic nitrogens is 3.